The van der Waals surface area contributed by atoms with Gasteiger partial charge in [-0.3, -0.25) is 0 Å². The lowest BCUT2D eigenvalue weighted by Crippen LogP contribution is -1.74. The van der Waals surface area contributed by atoms with Crippen molar-refractivity contribution >= 4 is 33.7 Å². The summed E-state index contributed by atoms with van der Waals surface area (Å²) in [4.78, 5) is 4.51. The van der Waals surface area contributed by atoms with Gasteiger partial charge in [0.25, 0.3) is 0 Å². The van der Waals surface area contributed by atoms with Gasteiger partial charge in [0.2, 0.25) is 0 Å². The Labute approximate surface area is 110 Å². The van der Waals surface area contributed by atoms with E-state index < -0.39 is 0 Å². The standard InChI is InChI=1S/C16H13NS/c1-12-17-15-11-14(9-10-16(15)18-12)8-7-13-5-3-2-4-6-13/h2-11H,1H3/b8-7+. The van der Waals surface area contributed by atoms with E-state index in [1.807, 2.05) is 25.1 Å². The number of fused-ring (bicyclic) bond motifs is 1. The van der Waals surface area contributed by atoms with Gasteiger partial charge in [-0.05, 0) is 30.2 Å². The van der Waals surface area contributed by atoms with E-state index in [0.717, 1.165) is 10.5 Å². The first-order chi connectivity index (χ1) is 8.81. The number of benzene rings is 2. The predicted molar refractivity (Wildman–Crippen MR) is 79.7 cm³/mol. The van der Waals surface area contributed by atoms with Crippen LogP contribution in [0.3, 0.4) is 0 Å². The van der Waals surface area contributed by atoms with E-state index in [4.69, 9.17) is 0 Å². The zero-order valence-corrected chi connectivity index (χ0v) is 10.9. The van der Waals surface area contributed by atoms with E-state index >= 15 is 0 Å². The van der Waals surface area contributed by atoms with Crippen LogP contribution in [0.5, 0.6) is 0 Å². The average Bonchev–Trinajstić information content (AvgIpc) is 2.77. The maximum Gasteiger partial charge on any atom is 0.0907 e. The largest absolute Gasteiger partial charge is 0.241 e. The van der Waals surface area contributed by atoms with E-state index in [-0.39, 0.29) is 0 Å². The third kappa shape index (κ3) is 2.34. The molecule has 1 aromatic heterocycles. The molecule has 2 heteroatoms. The Morgan fingerprint density at radius 1 is 0.944 bits per heavy atom. The lowest BCUT2D eigenvalue weighted by molar-refractivity contribution is 1.35. The minimum Gasteiger partial charge on any atom is -0.241 e. The van der Waals surface area contributed by atoms with Crippen molar-refractivity contribution in [3.8, 4) is 0 Å². The molecule has 0 saturated carbocycles. The second-order valence-corrected chi connectivity index (χ2v) is 5.44. The molecule has 0 bridgehead atoms. The van der Waals surface area contributed by atoms with Crippen LogP contribution >= 0.6 is 11.3 Å². The molecule has 88 valence electrons. The highest BCUT2D eigenvalue weighted by Gasteiger charge is 1.99. The SMILES string of the molecule is Cc1nc2cc(/C=C/c3ccccc3)ccc2s1. The molecule has 1 nitrogen and oxygen atoms in total. The third-order valence-electron chi connectivity index (χ3n) is 2.79. The minimum absolute atomic E-state index is 1.09. The molecule has 3 aromatic rings. The highest BCUT2D eigenvalue weighted by Crippen LogP contribution is 2.23. The summed E-state index contributed by atoms with van der Waals surface area (Å²) in [5.41, 5.74) is 3.50. The van der Waals surface area contributed by atoms with Crippen molar-refractivity contribution in [3.05, 3.63) is 64.7 Å². The summed E-state index contributed by atoms with van der Waals surface area (Å²) in [5, 5.41) is 1.12. The van der Waals surface area contributed by atoms with Crippen molar-refractivity contribution in [3.63, 3.8) is 0 Å². The Balaban J connectivity index is 1.93. The van der Waals surface area contributed by atoms with Gasteiger partial charge in [0.1, 0.15) is 0 Å². The number of nitrogens with zero attached hydrogens (tertiary/aromatic N) is 1. The highest BCUT2D eigenvalue weighted by atomic mass is 32.1. The van der Waals surface area contributed by atoms with Gasteiger partial charge in [-0.1, -0.05) is 48.6 Å². The fourth-order valence-electron chi connectivity index (χ4n) is 1.92. The van der Waals surface area contributed by atoms with Crippen LogP contribution in [0.25, 0.3) is 22.4 Å². The van der Waals surface area contributed by atoms with Crippen LogP contribution in [0, 0.1) is 6.92 Å². The first kappa shape index (κ1) is 11.2. The number of aromatic nitrogens is 1. The molecule has 0 N–H and O–H groups in total. The van der Waals surface area contributed by atoms with E-state index in [9.17, 15) is 0 Å². The third-order valence-corrected chi connectivity index (χ3v) is 3.74. The molecule has 18 heavy (non-hydrogen) atoms. The van der Waals surface area contributed by atoms with Gasteiger partial charge in [0.05, 0.1) is 15.2 Å². The topological polar surface area (TPSA) is 12.9 Å². The minimum atomic E-state index is 1.09. The Morgan fingerprint density at radius 2 is 1.72 bits per heavy atom. The van der Waals surface area contributed by atoms with Crippen LogP contribution in [0.15, 0.2) is 48.5 Å². The fourth-order valence-corrected chi connectivity index (χ4v) is 2.73. The molecule has 0 unspecified atom stereocenters. The number of aryl methyl sites for hydroxylation is 1. The van der Waals surface area contributed by atoms with Gasteiger partial charge < -0.3 is 0 Å². The number of rotatable bonds is 2. The first-order valence-electron chi connectivity index (χ1n) is 5.91. The van der Waals surface area contributed by atoms with E-state index in [1.54, 1.807) is 11.3 Å². The molecule has 1 heterocycles. The predicted octanol–water partition coefficient (Wildman–Crippen LogP) is 4.78. The highest BCUT2D eigenvalue weighted by molar-refractivity contribution is 7.18. The number of hydrogen-bond acceptors (Lipinski definition) is 2. The van der Waals surface area contributed by atoms with E-state index in [0.29, 0.717) is 0 Å². The first-order valence-corrected chi connectivity index (χ1v) is 6.73. The van der Waals surface area contributed by atoms with Gasteiger partial charge in [-0.25, -0.2) is 4.98 Å². The summed E-state index contributed by atoms with van der Waals surface area (Å²) in [7, 11) is 0. The monoisotopic (exact) mass is 251 g/mol. The van der Waals surface area contributed by atoms with Crippen LogP contribution < -0.4 is 0 Å². The van der Waals surface area contributed by atoms with Crippen molar-refractivity contribution in [2.45, 2.75) is 6.92 Å². The van der Waals surface area contributed by atoms with E-state index in [2.05, 4.69) is 47.5 Å². The maximum atomic E-state index is 4.51. The lowest BCUT2D eigenvalue weighted by atomic mass is 10.1. The van der Waals surface area contributed by atoms with Gasteiger partial charge in [0.15, 0.2) is 0 Å². The molecule has 0 radical (unpaired) electrons. The van der Waals surface area contributed by atoms with Crippen LogP contribution in [0.1, 0.15) is 16.1 Å². The smallest absolute Gasteiger partial charge is 0.0907 e. The molecule has 0 atom stereocenters. The van der Waals surface area contributed by atoms with Gasteiger partial charge >= 0.3 is 0 Å². The van der Waals surface area contributed by atoms with Crippen molar-refractivity contribution in [1.29, 1.82) is 0 Å². The van der Waals surface area contributed by atoms with Gasteiger partial charge in [-0.2, -0.15) is 0 Å². The van der Waals surface area contributed by atoms with Crippen LogP contribution in [-0.4, -0.2) is 4.98 Å². The molecule has 0 aliphatic carbocycles. The van der Waals surface area contributed by atoms with Gasteiger partial charge in [-0.15, -0.1) is 11.3 Å². The van der Waals surface area contributed by atoms with Crippen molar-refractivity contribution in [2.24, 2.45) is 0 Å². The summed E-state index contributed by atoms with van der Waals surface area (Å²) in [6.07, 6.45) is 4.25. The van der Waals surface area contributed by atoms with Gasteiger partial charge in [0, 0.05) is 0 Å². The Morgan fingerprint density at radius 3 is 2.56 bits per heavy atom. The molecule has 3 rings (SSSR count). The average molecular weight is 251 g/mol. The van der Waals surface area contributed by atoms with Crippen LogP contribution in [0.4, 0.5) is 0 Å². The van der Waals surface area contributed by atoms with E-state index in [1.165, 1.54) is 15.8 Å². The lowest BCUT2D eigenvalue weighted by Gasteiger charge is -1.94. The Kier molecular flexibility index (Phi) is 2.95. The molecule has 0 spiro atoms. The molecule has 0 fully saturated rings. The summed E-state index contributed by atoms with van der Waals surface area (Å²) in [6, 6.07) is 16.7. The Hall–Kier alpha value is -1.93. The van der Waals surface area contributed by atoms with Crippen LogP contribution in [0.2, 0.25) is 0 Å². The summed E-state index contributed by atoms with van der Waals surface area (Å²) >= 11 is 1.74. The molecule has 0 aliphatic rings. The van der Waals surface area contributed by atoms with Crippen molar-refractivity contribution in [2.75, 3.05) is 0 Å². The quantitative estimate of drug-likeness (QED) is 0.597. The molecule has 0 amide bonds. The van der Waals surface area contributed by atoms with Crippen molar-refractivity contribution in [1.82, 2.24) is 4.98 Å². The maximum absolute atomic E-state index is 4.51. The summed E-state index contributed by atoms with van der Waals surface area (Å²) in [5.74, 6) is 0. The summed E-state index contributed by atoms with van der Waals surface area (Å²) in [6.45, 7) is 2.05. The Bertz CT molecular complexity index is 695. The fraction of sp³-hybridized carbons (Fsp3) is 0.0625. The zero-order valence-electron chi connectivity index (χ0n) is 10.1. The van der Waals surface area contributed by atoms with Crippen LogP contribution in [-0.2, 0) is 0 Å². The zero-order chi connectivity index (χ0) is 12.4. The normalized spacial score (nSPS) is 11.4. The molecular formula is C16H13NS. The number of hydrogen-bond donors (Lipinski definition) is 0. The number of thiazole rings is 1. The second kappa shape index (κ2) is 4.75. The molecule has 0 aliphatic heterocycles. The second-order valence-electron chi connectivity index (χ2n) is 4.20. The molecular weight excluding hydrogens is 238 g/mol. The molecule has 0 saturated heterocycles. The van der Waals surface area contributed by atoms with Crippen molar-refractivity contribution < 1.29 is 0 Å². The summed E-state index contributed by atoms with van der Waals surface area (Å²) < 4.78 is 1.25. The molecule has 2 aromatic carbocycles.